The van der Waals surface area contributed by atoms with E-state index in [4.69, 9.17) is 4.74 Å². The Kier molecular flexibility index (Phi) is 5.56. The van der Waals surface area contributed by atoms with Crippen LogP contribution in [0.3, 0.4) is 0 Å². The van der Waals surface area contributed by atoms with Crippen molar-refractivity contribution in [2.75, 3.05) is 11.9 Å². The van der Waals surface area contributed by atoms with Crippen LogP contribution in [0, 0.1) is 13.8 Å². The number of rotatable bonds is 6. The fraction of sp³-hybridized carbons (Fsp3) is 0.333. The number of carbonyl (C=O) groups excluding carboxylic acids is 2. The average molecular weight is 352 g/mol. The van der Waals surface area contributed by atoms with E-state index in [1.165, 1.54) is 16.7 Å². The van der Waals surface area contributed by atoms with Gasteiger partial charge in [0, 0.05) is 6.54 Å². The standard InChI is InChI=1S/C21H24N2O3/c1-14-9-10-16(15(2)12-14)6-5-11-22-20(24)13-19-21(25)23-17-7-3-4-8-18(17)26-19/h3-4,7-10,12,19H,5-6,11,13H2,1-2H3,(H,22,24)(H,23,25)/t19-/m0/s1. The van der Waals surface area contributed by atoms with Gasteiger partial charge in [-0.1, -0.05) is 35.9 Å². The molecule has 1 heterocycles. The van der Waals surface area contributed by atoms with Crippen molar-refractivity contribution in [2.24, 2.45) is 0 Å². The van der Waals surface area contributed by atoms with E-state index in [1.54, 1.807) is 12.1 Å². The molecule has 2 amide bonds. The molecule has 2 N–H and O–H groups in total. The van der Waals surface area contributed by atoms with E-state index >= 15 is 0 Å². The van der Waals surface area contributed by atoms with Crippen molar-refractivity contribution in [3.8, 4) is 5.75 Å². The molecule has 5 nitrogen and oxygen atoms in total. The number of anilines is 1. The molecule has 1 aliphatic heterocycles. The minimum absolute atomic E-state index is 0.0176. The van der Waals surface area contributed by atoms with Gasteiger partial charge in [0.15, 0.2) is 6.10 Å². The Morgan fingerprint density at radius 1 is 1.19 bits per heavy atom. The van der Waals surface area contributed by atoms with Crippen LogP contribution in [0.15, 0.2) is 42.5 Å². The first-order valence-electron chi connectivity index (χ1n) is 8.92. The summed E-state index contributed by atoms with van der Waals surface area (Å²) in [5.74, 6) is 0.138. The van der Waals surface area contributed by atoms with Gasteiger partial charge in [0.1, 0.15) is 5.75 Å². The number of carbonyl (C=O) groups is 2. The molecule has 0 radical (unpaired) electrons. The third kappa shape index (κ3) is 4.42. The average Bonchev–Trinajstić information content (AvgIpc) is 2.61. The molecule has 0 aliphatic carbocycles. The number of nitrogens with one attached hydrogen (secondary N) is 2. The quantitative estimate of drug-likeness (QED) is 0.785. The Hall–Kier alpha value is -2.82. The number of ether oxygens (including phenoxy) is 1. The minimum Gasteiger partial charge on any atom is -0.478 e. The monoisotopic (exact) mass is 352 g/mol. The van der Waals surface area contributed by atoms with Gasteiger partial charge in [-0.2, -0.15) is 0 Å². The maximum atomic E-state index is 12.1. The summed E-state index contributed by atoms with van der Waals surface area (Å²) in [6.45, 7) is 4.77. The van der Waals surface area contributed by atoms with Crippen LogP contribution in [-0.4, -0.2) is 24.5 Å². The molecule has 2 aromatic carbocycles. The van der Waals surface area contributed by atoms with Gasteiger partial charge in [-0.3, -0.25) is 9.59 Å². The third-order valence-corrected chi connectivity index (χ3v) is 4.52. The fourth-order valence-corrected chi connectivity index (χ4v) is 3.10. The van der Waals surface area contributed by atoms with Crippen molar-refractivity contribution >= 4 is 17.5 Å². The van der Waals surface area contributed by atoms with Crippen LogP contribution in [0.2, 0.25) is 0 Å². The van der Waals surface area contributed by atoms with E-state index in [1.807, 2.05) is 12.1 Å². The first kappa shape index (κ1) is 18.0. The maximum Gasteiger partial charge on any atom is 0.266 e. The molecule has 0 saturated carbocycles. The highest BCUT2D eigenvalue weighted by atomic mass is 16.5. The van der Waals surface area contributed by atoms with E-state index in [2.05, 4.69) is 42.7 Å². The van der Waals surface area contributed by atoms with E-state index in [-0.39, 0.29) is 18.2 Å². The summed E-state index contributed by atoms with van der Waals surface area (Å²) in [4.78, 5) is 24.2. The van der Waals surface area contributed by atoms with Crippen LogP contribution in [0.5, 0.6) is 5.75 Å². The molecule has 3 rings (SSSR count). The van der Waals surface area contributed by atoms with Crippen LogP contribution in [0.25, 0.3) is 0 Å². The highest BCUT2D eigenvalue weighted by molar-refractivity contribution is 5.99. The first-order valence-corrected chi connectivity index (χ1v) is 8.92. The number of hydrogen-bond donors (Lipinski definition) is 2. The third-order valence-electron chi connectivity index (χ3n) is 4.52. The van der Waals surface area contributed by atoms with Crippen molar-refractivity contribution in [3.05, 3.63) is 59.2 Å². The molecular weight excluding hydrogens is 328 g/mol. The summed E-state index contributed by atoms with van der Waals surface area (Å²) < 4.78 is 5.64. The predicted molar refractivity (Wildman–Crippen MR) is 101 cm³/mol. The van der Waals surface area contributed by atoms with Gasteiger partial charge in [-0.15, -0.1) is 0 Å². The van der Waals surface area contributed by atoms with Crippen LogP contribution in [0.1, 0.15) is 29.5 Å². The van der Waals surface area contributed by atoms with Crippen molar-refractivity contribution in [1.29, 1.82) is 0 Å². The van der Waals surface area contributed by atoms with Gasteiger partial charge >= 0.3 is 0 Å². The minimum atomic E-state index is -0.788. The summed E-state index contributed by atoms with van der Waals surface area (Å²) in [5.41, 5.74) is 4.48. The van der Waals surface area contributed by atoms with Crippen LogP contribution in [-0.2, 0) is 16.0 Å². The van der Waals surface area contributed by atoms with Gasteiger partial charge in [-0.05, 0) is 49.9 Å². The topological polar surface area (TPSA) is 67.4 Å². The Morgan fingerprint density at radius 3 is 2.81 bits per heavy atom. The lowest BCUT2D eigenvalue weighted by Gasteiger charge is -2.25. The molecule has 5 heteroatoms. The van der Waals surface area contributed by atoms with Gasteiger partial charge in [0.25, 0.3) is 5.91 Å². The lowest BCUT2D eigenvalue weighted by Crippen LogP contribution is -2.41. The van der Waals surface area contributed by atoms with E-state index in [9.17, 15) is 9.59 Å². The van der Waals surface area contributed by atoms with Crippen LogP contribution < -0.4 is 15.4 Å². The van der Waals surface area contributed by atoms with Crippen molar-refractivity contribution in [1.82, 2.24) is 5.32 Å². The highest BCUT2D eigenvalue weighted by Crippen LogP contribution is 2.29. The Balaban J connectivity index is 1.44. The van der Waals surface area contributed by atoms with Crippen LogP contribution in [0.4, 0.5) is 5.69 Å². The Bertz CT molecular complexity index is 817. The molecule has 0 fully saturated rings. The Labute approximate surface area is 153 Å². The molecule has 1 aliphatic rings. The molecule has 0 bridgehead atoms. The molecule has 0 saturated heterocycles. The number of benzene rings is 2. The highest BCUT2D eigenvalue weighted by Gasteiger charge is 2.29. The number of amides is 2. The second-order valence-electron chi connectivity index (χ2n) is 6.68. The molecule has 136 valence electrons. The zero-order chi connectivity index (χ0) is 18.5. The lowest BCUT2D eigenvalue weighted by molar-refractivity contribution is -0.130. The number of para-hydroxylation sites is 2. The second kappa shape index (κ2) is 8.04. The number of hydrogen-bond acceptors (Lipinski definition) is 3. The van der Waals surface area contributed by atoms with E-state index < -0.39 is 6.10 Å². The largest absolute Gasteiger partial charge is 0.478 e. The van der Waals surface area contributed by atoms with Gasteiger partial charge < -0.3 is 15.4 Å². The van der Waals surface area contributed by atoms with Gasteiger partial charge in [-0.25, -0.2) is 0 Å². The van der Waals surface area contributed by atoms with Crippen LogP contribution >= 0.6 is 0 Å². The zero-order valence-electron chi connectivity index (χ0n) is 15.2. The summed E-state index contributed by atoms with van der Waals surface area (Å²) in [7, 11) is 0. The molecular formula is C21H24N2O3. The molecule has 0 spiro atoms. The SMILES string of the molecule is Cc1ccc(CCCNC(=O)C[C@@H]2Oc3ccccc3NC2=O)c(C)c1. The molecule has 26 heavy (non-hydrogen) atoms. The molecule has 1 atom stereocenters. The van der Waals surface area contributed by atoms with Crippen molar-refractivity contribution in [2.45, 2.75) is 39.2 Å². The number of fused-ring (bicyclic) bond motifs is 1. The lowest BCUT2D eigenvalue weighted by atomic mass is 10.0. The maximum absolute atomic E-state index is 12.1. The Morgan fingerprint density at radius 2 is 2.00 bits per heavy atom. The van der Waals surface area contributed by atoms with Crippen molar-refractivity contribution < 1.29 is 14.3 Å². The zero-order valence-corrected chi connectivity index (χ0v) is 15.2. The van der Waals surface area contributed by atoms with Gasteiger partial charge in [0.2, 0.25) is 5.91 Å². The first-order chi connectivity index (χ1) is 12.5. The molecule has 0 aromatic heterocycles. The summed E-state index contributed by atoms with van der Waals surface area (Å²) in [6, 6.07) is 13.6. The normalized spacial score (nSPS) is 15.6. The van der Waals surface area contributed by atoms with Gasteiger partial charge in [0.05, 0.1) is 12.1 Å². The van der Waals surface area contributed by atoms with E-state index in [0.29, 0.717) is 18.0 Å². The number of aryl methyl sites for hydroxylation is 3. The molecule has 0 unspecified atom stereocenters. The summed E-state index contributed by atoms with van der Waals surface area (Å²) >= 11 is 0. The summed E-state index contributed by atoms with van der Waals surface area (Å²) in [6.07, 6.45) is 1.00. The van der Waals surface area contributed by atoms with E-state index in [0.717, 1.165) is 12.8 Å². The predicted octanol–water partition coefficient (Wildman–Crippen LogP) is 3.14. The van der Waals surface area contributed by atoms with Crippen molar-refractivity contribution in [3.63, 3.8) is 0 Å². The smallest absolute Gasteiger partial charge is 0.266 e. The second-order valence-corrected chi connectivity index (χ2v) is 6.68. The fourth-order valence-electron chi connectivity index (χ4n) is 3.10. The summed E-state index contributed by atoms with van der Waals surface area (Å²) in [5, 5.41) is 5.65. The molecule has 2 aromatic rings.